The fourth-order valence-corrected chi connectivity index (χ4v) is 3.07. The van der Waals surface area contributed by atoms with Gasteiger partial charge in [-0.25, -0.2) is 4.68 Å². The van der Waals surface area contributed by atoms with Crippen molar-refractivity contribution in [3.63, 3.8) is 0 Å². The molecule has 0 fully saturated rings. The molecule has 0 aliphatic heterocycles. The van der Waals surface area contributed by atoms with E-state index in [1.165, 1.54) is 10.9 Å². The smallest absolute Gasteiger partial charge is 0.134 e. The lowest BCUT2D eigenvalue weighted by atomic mass is 10.1. The van der Waals surface area contributed by atoms with Crippen molar-refractivity contribution >= 4 is 11.0 Å². The summed E-state index contributed by atoms with van der Waals surface area (Å²) in [5.74, 6) is 1.06. The molecule has 25 heavy (non-hydrogen) atoms. The summed E-state index contributed by atoms with van der Waals surface area (Å²) in [5, 5.41) is 9.69. The third-order valence-corrected chi connectivity index (χ3v) is 4.36. The van der Waals surface area contributed by atoms with Crippen LogP contribution in [0.15, 0.2) is 71.3 Å². The molecule has 0 bridgehead atoms. The van der Waals surface area contributed by atoms with Crippen molar-refractivity contribution in [2.75, 3.05) is 0 Å². The normalized spacial score (nSPS) is 11.2. The number of para-hydroxylation sites is 1. The van der Waals surface area contributed by atoms with Gasteiger partial charge in [0, 0.05) is 18.0 Å². The van der Waals surface area contributed by atoms with Gasteiger partial charge < -0.3 is 4.42 Å². The van der Waals surface area contributed by atoms with Crippen LogP contribution in [-0.4, -0.2) is 15.0 Å². The maximum absolute atomic E-state index is 5.86. The first-order valence-corrected chi connectivity index (χ1v) is 8.77. The Balaban J connectivity index is 1.26. The number of fused-ring (bicyclic) bond motifs is 1. The quantitative estimate of drug-likeness (QED) is 0.463. The lowest BCUT2D eigenvalue weighted by Gasteiger charge is -1.99. The van der Waals surface area contributed by atoms with E-state index in [0.717, 1.165) is 49.3 Å². The first-order valence-electron chi connectivity index (χ1n) is 8.77. The number of hydrogen-bond donors (Lipinski definition) is 0. The average Bonchev–Trinajstić information content (AvgIpc) is 3.26. The Hall–Kier alpha value is -2.88. The number of nitrogens with zero attached hydrogens (tertiary/aromatic N) is 3. The number of benzene rings is 2. The molecule has 126 valence electrons. The Kier molecular flexibility index (Phi) is 4.59. The number of aryl methyl sites for hydroxylation is 2. The average molecular weight is 331 g/mol. The van der Waals surface area contributed by atoms with E-state index in [1.54, 1.807) is 0 Å². The van der Waals surface area contributed by atoms with Gasteiger partial charge in [-0.3, -0.25) is 0 Å². The molecule has 0 saturated carbocycles. The summed E-state index contributed by atoms with van der Waals surface area (Å²) in [6.07, 6.45) is 6.14. The molecule has 4 heteroatoms. The van der Waals surface area contributed by atoms with Gasteiger partial charge >= 0.3 is 0 Å². The van der Waals surface area contributed by atoms with Crippen LogP contribution >= 0.6 is 0 Å². The van der Waals surface area contributed by atoms with Gasteiger partial charge in [-0.1, -0.05) is 53.7 Å². The van der Waals surface area contributed by atoms with Crippen LogP contribution in [-0.2, 0) is 19.4 Å². The number of aromatic nitrogens is 3. The molecule has 4 rings (SSSR count). The first kappa shape index (κ1) is 15.6. The summed E-state index contributed by atoms with van der Waals surface area (Å²) in [6, 6.07) is 20.6. The van der Waals surface area contributed by atoms with Crippen LogP contribution in [0.25, 0.3) is 11.0 Å². The molecule has 0 spiro atoms. The highest BCUT2D eigenvalue weighted by Gasteiger charge is 2.05. The zero-order valence-electron chi connectivity index (χ0n) is 14.1. The molecule has 4 nitrogen and oxygen atoms in total. The second-order valence-electron chi connectivity index (χ2n) is 6.35. The summed E-state index contributed by atoms with van der Waals surface area (Å²) < 4.78 is 7.77. The van der Waals surface area contributed by atoms with Crippen molar-refractivity contribution in [1.82, 2.24) is 15.0 Å². The van der Waals surface area contributed by atoms with Crippen molar-refractivity contribution in [3.05, 3.63) is 83.9 Å². The van der Waals surface area contributed by atoms with E-state index in [9.17, 15) is 0 Å². The van der Waals surface area contributed by atoms with Crippen molar-refractivity contribution in [2.45, 2.75) is 32.2 Å². The molecule has 2 heterocycles. The minimum atomic E-state index is 0.771. The van der Waals surface area contributed by atoms with E-state index in [4.69, 9.17) is 4.42 Å². The van der Waals surface area contributed by atoms with Gasteiger partial charge in [-0.2, -0.15) is 0 Å². The van der Waals surface area contributed by atoms with Crippen molar-refractivity contribution in [1.29, 1.82) is 0 Å². The zero-order chi connectivity index (χ0) is 16.9. The molecule has 0 radical (unpaired) electrons. The topological polar surface area (TPSA) is 43.9 Å². The number of hydrogen-bond acceptors (Lipinski definition) is 3. The van der Waals surface area contributed by atoms with Gasteiger partial charge in [0.05, 0.1) is 12.2 Å². The molecule has 2 aromatic heterocycles. The van der Waals surface area contributed by atoms with E-state index in [-0.39, 0.29) is 0 Å². The Morgan fingerprint density at radius 1 is 0.880 bits per heavy atom. The molecular weight excluding hydrogens is 310 g/mol. The van der Waals surface area contributed by atoms with Gasteiger partial charge in [-0.15, -0.1) is 5.10 Å². The first-order chi connectivity index (χ1) is 12.4. The highest BCUT2D eigenvalue weighted by Crippen LogP contribution is 2.20. The van der Waals surface area contributed by atoms with E-state index in [1.807, 2.05) is 47.3 Å². The lowest BCUT2D eigenvalue weighted by Crippen LogP contribution is -1.99. The standard InChI is InChI=1S/C21H21N3O/c1-2-8-17(9-3-1)15-24-16-19(22-23-24)11-5-6-12-20-14-18-10-4-7-13-21(18)25-20/h1-4,7-10,13-14,16H,5-6,11-12,15H2. The Labute approximate surface area is 147 Å². The number of unbranched alkanes of at least 4 members (excludes halogenated alkanes) is 1. The third-order valence-electron chi connectivity index (χ3n) is 4.36. The minimum Gasteiger partial charge on any atom is -0.461 e. The molecule has 4 aromatic rings. The van der Waals surface area contributed by atoms with Crippen LogP contribution in [0.1, 0.15) is 29.9 Å². The van der Waals surface area contributed by atoms with E-state index < -0.39 is 0 Å². The lowest BCUT2D eigenvalue weighted by molar-refractivity contribution is 0.532. The predicted molar refractivity (Wildman–Crippen MR) is 98.4 cm³/mol. The van der Waals surface area contributed by atoms with Crippen LogP contribution in [0.5, 0.6) is 0 Å². The highest BCUT2D eigenvalue weighted by molar-refractivity contribution is 5.77. The Morgan fingerprint density at radius 3 is 2.56 bits per heavy atom. The summed E-state index contributed by atoms with van der Waals surface area (Å²) in [7, 11) is 0. The Bertz CT molecular complexity index is 907. The van der Waals surface area contributed by atoms with Crippen LogP contribution < -0.4 is 0 Å². The molecule has 0 saturated heterocycles. The van der Waals surface area contributed by atoms with Crippen LogP contribution in [0.4, 0.5) is 0 Å². The fraction of sp³-hybridized carbons (Fsp3) is 0.238. The molecule has 0 atom stereocenters. The maximum Gasteiger partial charge on any atom is 0.134 e. The zero-order valence-corrected chi connectivity index (χ0v) is 14.1. The second-order valence-corrected chi connectivity index (χ2v) is 6.35. The molecule has 0 amide bonds. The van der Waals surface area contributed by atoms with E-state index in [0.29, 0.717) is 0 Å². The van der Waals surface area contributed by atoms with Crippen LogP contribution in [0.3, 0.4) is 0 Å². The number of furan rings is 1. The second kappa shape index (κ2) is 7.34. The van der Waals surface area contributed by atoms with Crippen molar-refractivity contribution in [2.24, 2.45) is 0 Å². The third kappa shape index (κ3) is 3.97. The van der Waals surface area contributed by atoms with Gasteiger partial charge in [0.2, 0.25) is 0 Å². The SMILES string of the molecule is c1ccc(Cn2cc(CCCCc3cc4ccccc4o3)nn2)cc1. The largest absolute Gasteiger partial charge is 0.461 e. The summed E-state index contributed by atoms with van der Waals surface area (Å²) in [4.78, 5) is 0. The van der Waals surface area contributed by atoms with Crippen LogP contribution in [0.2, 0.25) is 0 Å². The monoisotopic (exact) mass is 331 g/mol. The Morgan fingerprint density at radius 2 is 1.68 bits per heavy atom. The summed E-state index contributed by atoms with van der Waals surface area (Å²) >= 11 is 0. The van der Waals surface area contributed by atoms with Gasteiger partial charge in [0.15, 0.2) is 0 Å². The summed E-state index contributed by atoms with van der Waals surface area (Å²) in [5.41, 5.74) is 3.27. The predicted octanol–water partition coefficient (Wildman–Crippen LogP) is 4.64. The molecule has 0 aliphatic carbocycles. The minimum absolute atomic E-state index is 0.771. The van der Waals surface area contributed by atoms with Crippen LogP contribution in [0, 0.1) is 0 Å². The van der Waals surface area contributed by atoms with E-state index in [2.05, 4.69) is 34.6 Å². The van der Waals surface area contributed by atoms with Crippen molar-refractivity contribution < 1.29 is 4.42 Å². The van der Waals surface area contributed by atoms with Gasteiger partial charge in [0.25, 0.3) is 0 Å². The van der Waals surface area contributed by atoms with E-state index >= 15 is 0 Å². The molecule has 0 aliphatic rings. The fourth-order valence-electron chi connectivity index (χ4n) is 3.07. The van der Waals surface area contributed by atoms with Gasteiger partial charge in [-0.05, 0) is 37.0 Å². The van der Waals surface area contributed by atoms with Gasteiger partial charge in [0.1, 0.15) is 11.3 Å². The molecule has 0 unspecified atom stereocenters. The molecular formula is C21H21N3O. The molecule has 0 N–H and O–H groups in total. The summed E-state index contributed by atoms with van der Waals surface area (Å²) in [6.45, 7) is 0.771. The van der Waals surface area contributed by atoms with Crippen molar-refractivity contribution in [3.8, 4) is 0 Å². The molecule has 2 aromatic carbocycles. The maximum atomic E-state index is 5.86. The highest BCUT2D eigenvalue weighted by atomic mass is 16.3. The number of rotatable bonds is 7.